The van der Waals surface area contributed by atoms with Gasteiger partial charge in [0.05, 0.1) is 12.8 Å². The van der Waals surface area contributed by atoms with Gasteiger partial charge in [0.25, 0.3) is 0 Å². The molecule has 1 aromatic carbocycles. The molecule has 0 bridgehead atoms. The van der Waals surface area contributed by atoms with Crippen LogP contribution >= 0.6 is 0 Å². The number of rotatable bonds is 3. The molecule has 0 heterocycles. The van der Waals surface area contributed by atoms with Gasteiger partial charge in [-0.05, 0) is 18.6 Å². The molecule has 6 heteroatoms. The van der Waals surface area contributed by atoms with Crippen molar-refractivity contribution in [3.63, 3.8) is 0 Å². The zero-order valence-corrected chi connectivity index (χ0v) is 8.60. The molecule has 0 spiro atoms. The number of ether oxygens (including phenoxy) is 1. The lowest BCUT2D eigenvalue weighted by Crippen LogP contribution is -1.99. The highest BCUT2D eigenvalue weighted by Gasteiger charge is 2.07. The lowest BCUT2D eigenvalue weighted by Gasteiger charge is -2.07. The minimum atomic E-state index is -2.78. The first-order valence-electron chi connectivity index (χ1n) is 3.79. The van der Waals surface area contributed by atoms with Crippen molar-refractivity contribution in [2.45, 2.75) is 6.92 Å². The Morgan fingerprint density at radius 2 is 2.07 bits per heavy atom. The predicted octanol–water partition coefficient (Wildman–Crippen LogP) is 1.08. The topological polar surface area (TPSA) is 55.4 Å². The van der Waals surface area contributed by atoms with Crippen molar-refractivity contribution in [3.8, 4) is 5.75 Å². The van der Waals surface area contributed by atoms with Gasteiger partial charge in [0.2, 0.25) is 10.9 Å². The number of hydrogen-bond acceptors (Lipinski definition) is 3. The van der Waals surface area contributed by atoms with E-state index in [1.165, 1.54) is 13.2 Å². The van der Waals surface area contributed by atoms with Gasteiger partial charge in [-0.2, -0.15) is 0 Å². The third kappa shape index (κ3) is 2.35. The van der Waals surface area contributed by atoms with Crippen LogP contribution in [0.1, 0.15) is 5.56 Å². The van der Waals surface area contributed by atoms with Crippen molar-refractivity contribution < 1.29 is 17.5 Å². The minimum Gasteiger partial charge on any atom is -0.494 e. The molecule has 4 nitrogen and oxygen atoms in total. The minimum absolute atomic E-state index is 0.0918. The van der Waals surface area contributed by atoms with E-state index in [9.17, 15) is 12.8 Å². The van der Waals surface area contributed by atoms with Crippen LogP contribution in [0.2, 0.25) is 0 Å². The summed E-state index contributed by atoms with van der Waals surface area (Å²) in [6, 6.07) is 2.51. The third-order valence-corrected chi connectivity index (χ3v) is 2.13. The van der Waals surface area contributed by atoms with Crippen molar-refractivity contribution in [2.75, 3.05) is 11.8 Å². The monoisotopic (exact) mass is 219 g/mol. The van der Waals surface area contributed by atoms with Crippen molar-refractivity contribution in [1.82, 2.24) is 0 Å². The van der Waals surface area contributed by atoms with Crippen LogP contribution < -0.4 is 9.46 Å². The standard InChI is InChI=1S/C8H10FNO3S/c1-5-3-8(13-2)6(9)4-7(5)10-14(11)12/h3-4,14H,1-2H3,(H,10,11,12). The van der Waals surface area contributed by atoms with Gasteiger partial charge >= 0.3 is 0 Å². The lowest BCUT2D eigenvalue weighted by molar-refractivity contribution is 0.386. The molecule has 0 amide bonds. The third-order valence-electron chi connectivity index (χ3n) is 1.71. The van der Waals surface area contributed by atoms with E-state index < -0.39 is 16.7 Å². The summed E-state index contributed by atoms with van der Waals surface area (Å²) in [6.07, 6.45) is 0. The van der Waals surface area contributed by atoms with Crippen LogP contribution in [0.25, 0.3) is 0 Å². The highest BCUT2D eigenvalue weighted by Crippen LogP contribution is 2.24. The van der Waals surface area contributed by atoms with Gasteiger partial charge in [-0.1, -0.05) is 0 Å². The highest BCUT2D eigenvalue weighted by molar-refractivity contribution is 7.73. The van der Waals surface area contributed by atoms with Gasteiger partial charge in [0.15, 0.2) is 11.6 Å². The van der Waals surface area contributed by atoms with E-state index in [1.54, 1.807) is 6.92 Å². The van der Waals surface area contributed by atoms with Crippen LogP contribution in [-0.2, 0) is 10.9 Å². The molecule has 0 radical (unpaired) electrons. The van der Waals surface area contributed by atoms with E-state index >= 15 is 0 Å². The summed E-state index contributed by atoms with van der Waals surface area (Å²) in [5, 5.41) is 0. The number of halogens is 1. The maximum atomic E-state index is 13.1. The Morgan fingerprint density at radius 3 is 2.57 bits per heavy atom. The second-order valence-corrected chi connectivity index (χ2v) is 3.41. The molecule has 0 unspecified atom stereocenters. The van der Waals surface area contributed by atoms with Gasteiger partial charge in [-0.15, -0.1) is 0 Å². The Labute approximate surface area is 82.8 Å². The van der Waals surface area contributed by atoms with Crippen molar-refractivity contribution in [2.24, 2.45) is 0 Å². The average Bonchev–Trinajstić information content (AvgIpc) is 2.10. The first-order valence-corrected chi connectivity index (χ1v) is 4.97. The second-order valence-electron chi connectivity index (χ2n) is 2.67. The predicted molar refractivity (Wildman–Crippen MR) is 51.6 cm³/mol. The van der Waals surface area contributed by atoms with Crippen molar-refractivity contribution >= 4 is 16.6 Å². The van der Waals surface area contributed by atoms with Crippen LogP contribution in [0.3, 0.4) is 0 Å². The van der Waals surface area contributed by atoms with Gasteiger partial charge in [0.1, 0.15) is 0 Å². The van der Waals surface area contributed by atoms with E-state index in [0.29, 0.717) is 5.56 Å². The molecule has 0 aliphatic heterocycles. The van der Waals surface area contributed by atoms with Crippen LogP contribution in [0.15, 0.2) is 12.1 Å². The van der Waals surface area contributed by atoms with Crippen molar-refractivity contribution in [3.05, 3.63) is 23.5 Å². The average molecular weight is 219 g/mol. The first-order chi connectivity index (χ1) is 6.54. The van der Waals surface area contributed by atoms with E-state index in [4.69, 9.17) is 4.74 Å². The number of aryl methyl sites for hydroxylation is 1. The van der Waals surface area contributed by atoms with Crippen LogP contribution in [-0.4, -0.2) is 15.5 Å². The summed E-state index contributed by atoms with van der Waals surface area (Å²) in [5.74, 6) is -0.508. The molecular weight excluding hydrogens is 209 g/mol. The molecule has 0 aliphatic carbocycles. The fourth-order valence-corrected chi connectivity index (χ4v) is 1.47. The first kappa shape index (κ1) is 10.8. The molecule has 0 aliphatic rings. The Hall–Kier alpha value is -1.30. The van der Waals surface area contributed by atoms with Gasteiger partial charge in [-0.25, -0.2) is 12.8 Å². The van der Waals surface area contributed by atoms with Gasteiger partial charge in [-0.3, -0.25) is 4.72 Å². The summed E-state index contributed by atoms with van der Waals surface area (Å²) in [7, 11) is -1.43. The summed E-state index contributed by atoms with van der Waals surface area (Å²) in [4.78, 5) is 0. The molecule has 78 valence electrons. The molecule has 1 rings (SSSR count). The van der Waals surface area contributed by atoms with Crippen molar-refractivity contribution in [1.29, 1.82) is 0 Å². The molecule has 0 saturated carbocycles. The van der Waals surface area contributed by atoms with E-state index in [2.05, 4.69) is 4.72 Å². The van der Waals surface area contributed by atoms with Gasteiger partial charge in [0, 0.05) is 6.07 Å². The number of thiol groups is 1. The quantitative estimate of drug-likeness (QED) is 0.748. The van der Waals surface area contributed by atoms with Crippen LogP contribution in [0, 0.1) is 12.7 Å². The van der Waals surface area contributed by atoms with Crippen LogP contribution in [0.5, 0.6) is 5.75 Å². The fourth-order valence-electron chi connectivity index (χ4n) is 1.03. The number of anilines is 1. The summed E-state index contributed by atoms with van der Waals surface area (Å²) in [5.41, 5.74) is 0.821. The summed E-state index contributed by atoms with van der Waals surface area (Å²) >= 11 is 0. The molecule has 0 atom stereocenters. The lowest BCUT2D eigenvalue weighted by atomic mass is 10.2. The van der Waals surface area contributed by atoms with Crippen LogP contribution in [0.4, 0.5) is 10.1 Å². The largest absolute Gasteiger partial charge is 0.494 e. The SMILES string of the molecule is COc1cc(C)c(N[SH](=O)=O)cc1F. The number of benzene rings is 1. The molecule has 1 N–H and O–H groups in total. The summed E-state index contributed by atoms with van der Waals surface area (Å²) in [6.45, 7) is 1.66. The van der Waals surface area contributed by atoms with E-state index in [1.807, 2.05) is 0 Å². The van der Waals surface area contributed by atoms with E-state index in [0.717, 1.165) is 6.07 Å². The molecular formula is C8H10FNO3S. The smallest absolute Gasteiger partial charge is 0.222 e. The summed E-state index contributed by atoms with van der Waals surface area (Å²) < 4.78 is 40.7. The normalized spacial score (nSPS) is 10.3. The van der Waals surface area contributed by atoms with E-state index in [-0.39, 0.29) is 11.4 Å². The zero-order chi connectivity index (χ0) is 10.7. The molecule has 0 fully saturated rings. The second kappa shape index (κ2) is 4.28. The molecule has 0 saturated heterocycles. The highest BCUT2D eigenvalue weighted by atomic mass is 32.2. The Kier molecular flexibility index (Phi) is 3.29. The Bertz CT molecular complexity index is 409. The number of nitrogens with one attached hydrogen (secondary N) is 1. The zero-order valence-electron chi connectivity index (χ0n) is 7.70. The number of methoxy groups -OCH3 is 1. The maximum Gasteiger partial charge on any atom is 0.222 e. The molecule has 1 aromatic rings. The Morgan fingerprint density at radius 1 is 1.43 bits per heavy atom. The maximum absolute atomic E-state index is 13.1. The fraction of sp³-hybridized carbons (Fsp3) is 0.250. The Balaban J connectivity index is 3.14. The molecule has 0 aromatic heterocycles. The number of hydrogen-bond donors (Lipinski definition) is 2. The molecule has 14 heavy (non-hydrogen) atoms. The van der Waals surface area contributed by atoms with Gasteiger partial charge < -0.3 is 4.74 Å².